The van der Waals surface area contributed by atoms with E-state index in [1.165, 1.54) is 24.4 Å². The molecular weight excluding hydrogens is 279 g/mol. The normalized spacial score (nSPS) is 11.9. The van der Waals surface area contributed by atoms with Crippen LogP contribution in [-0.2, 0) is 10.0 Å². The number of nitrogens with zero attached hydrogens (tertiary/aromatic N) is 2. The third-order valence-corrected chi connectivity index (χ3v) is 4.73. The van der Waals surface area contributed by atoms with Crippen molar-refractivity contribution in [3.8, 4) is 0 Å². The molecule has 0 amide bonds. The molecule has 0 aliphatic heterocycles. The molecule has 2 heterocycles. The summed E-state index contributed by atoms with van der Waals surface area (Å²) in [6.07, 6.45) is 2.38. The second-order valence-corrected chi connectivity index (χ2v) is 6.28. The number of pyridine rings is 1. The lowest BCUT2D eigenvalue weighted by atomic mass is 10.2. The second kappa shape index (κ2) is 4.42. The van der Waals surface area contributed by atoms with Gasteiger partial charge >= 0.3 is 0 Å². The molecule has 0 radical (unpaired) electrons. The van der Waals surface area contributed by atoms with Crippen molar-refractivity contribution < 1.29 is 12.8 Å². The number of hydrogen-bond donors (Lipinski definition) is 0. The highest BCUT2D eigenvalue weighted by Gasteiger charge is 2.21. The van der Waals surface area contributed by atoms with Gasteiger partial charge in [-0.05, 0) is 31.2 Å². The number of rotatable bonds is 2. The van der Waals surface area contributed by atoms with Crippen LogP contribution in [0.4, 0.5) is 4.39 Å². The fourth-order valence-corrected chi connectivity index (χ4v) is 3.31. The largest absolute Gasteiger partial charge is 0.269 e. The van der Waals surface area contributed by atoms with Gasteiger partial charge in [-0.3, -0.25) is 0 Å². The van der Waals surface area contributed by atoms with Gasteiger partial charge in [0.05, 0.1) is 16.5 Å². The van der Waals surface area contributed by atoms with E-state index in [0.29, 0.717) is 0 Å². The summed E-state index contributed by atoms with van der Waals surface area (Å²) in [5.74, 6) is -0.608. The van der Waals surface area contributed by atoms with E-state index in [1.54, 1.807) is 18.2 Å². The molecule has 1 aromatic carbocycles. The van der Waals surface area contributed by atoms with Crippen LogP contribution in [0.25, 0.3) is 11.0 Å². The van der Waals surface area contributed by atoms with Crippen molar-refractivity contribution in [2.24, 2.45) is 0 Å². The Morgan fingerprint density at radius 2 is 1.85 bits per heavy atom. The number of hydrogen-bond acceptors (Lipinski definition) is 3. The van der Waals surface area contributed by atoms with Crippen LogP contribution in [0.3, 0.4) is 0 Å². The Kier molecular flexibility index (Phi) is 2.83. The zero-order valence-electron chi connectivity index (χ0n) is 10.6. The first-order valence-corrected chi connectivity index (χ1v) is 7.38. The minimum absolute atomic E-state index is 0.0885. The molecule has 102 valence electrons. The summed E-state index contributed by atoms with van der Waals surface area (Å²) in [5, 5.41) is 0.184. The summed E-state index contributed by atoms with van der Waals surface area (Å²) < 4.78 is 39.7. The Hall–Kier alpha value is -2.21. The van der Waals surface area contributed by atoms with Gasteiger partial charge in [-0.25, -0.2) is 21.8 Å². The Labute approximate surface area is 115 Å². The molecule has 0 aliphatic carbocycles. The maximum absolute atomic E-state index is 13.8. The third-order valence-electron chi connectivity index (χ3n) is 3.06. The predicted octanol–water partition coefficient (Wildman–Crippen LogP) is 2.72. The molecule has 0 N–H and O–H groups in total. The van der Waals surface area contributed by atoms with E-state index in [2.05, 4.69) is 4.98 Å². The Bertz CT molecular complexity index is 883. The van der Waals surface area contributed by atoms with Gasteiger partial charge in [-0.15, -0.1) is 0 Å². The first-order valence-electron chi connectivity index (χ1n) is 5.94. The van der Waals surface area contributed by atoms with E-state index < -0.39 is 15.8 Å². The lowest BCUT2D eigenvalue weighted by Crippen LogP contribution is -2.12. The topological polar surface area (TPSA) is 52.0 Å². The van der Waals surface area contributed by atoms with Crippen molar-refractivity contribution in [1.29, 1.82) is 0 Å². The van der Waals surface area contributed by atoms with Crippen LogP contribution in [0, 0.1) is 12.7 Å². The predicted molar refractivity (Wildman–Crippen MR) is 73.5 cm³/mol. The highest BCUT2D eigenvalue weighted by atomic mass is 32.2. The van der Waals surface area contributed by atoms with Crippen molar-refractivity contribution in [1.82, 2.24) is 8.96 Å². The van der Waals surface area contributed by atoms with Gasteiger partial charge in [-0.1, -0.05) is 17.7 Å². The van der Waals surface area contributed by atoms with Gasteiger partial charge in [0.1, 0.15) is 0 Å². The zero-order chi connectivity index (χ0) is 14.3. The molecule has 20 heavy (non-hydrogen) atoms. The van der Waals surface area contributed by atoms with E-state index in [9.17, 15) is 12.8 Å². The molecule has 2 aromatic heterocycles. The Balaban J connectivity index is 2.27. The third kappa shape index (κ3) is 1.89. The number of benzene rings is 1. The first kappa shape index (κ1) is 12.8. The zero-order valence-corrected chi connectivity index (χ0v) is 11.4. The fourth-order valence-electron chi connectivity index (χ4n) is 2.00. The molecule has 4 nitrogen and oxygen atoms in total. The van der Waals surface area contributed by atoms with Crippen molar-refractivity contribution in [3.63, 3.8) is 0 Å². The minimum atomic E-state index is -3.85. The van der Waals surface area contributed by atoms with E-state index in [1.807, 2.05) is 6.92 Å². The maximum Gasteiger partial charge on any atom is 0.269 e. The monoisotopic (exact) mass is 290 g/mol. The SMILES string of the molecule is Cc1ccc(S(=O)(=O)n2cc(F)c3cccnc32)cc1. The van der Waals surface area contributed by atoms with Crippen molar-refractivity contribution >= 4 is 21.1 Å². The molecule has 0 spiro atoms. The van der Waals surface area contributed by atoms with Crippen LogP contribution in [-0.4, -0.2) is 17.4 Å². The average Bonchev–Trinajstić information content (AvgIpc) is 2.78. The lowest BCUT2D eigenvalue weighted by molar-refractivity contribution is 0.585. The molecule has 0 atom stereocenters. The fraction of sp³-hybridized carbons (Fsp3) is 0.0714. The number of fused-ring (bicyclic) bond motifs is 1. The van der Waals surface area contributed by atoms with E-state index in [0.717, 1.165) is 15.7 Å². The van der Waals surface area contributed by atoms with Gasteiger partial charge in [0, 0.05) is 6.20 Å². The smallest absolute Gasteiger partial charge is 0.237 e. The van der Waals surface area contributed by atoms with Crippen molar-refractivity contribution in [2.75, 3.05) is 0 Å². The van der Waals surface area contributed by atoms with Crippen LogP contribution < -0.4 is 0 Å². The summed E-state index contributed by atoms with van der Waals surface area (Å²) in [7, 11) is -3.85. The quantitative estimate of drug-likeness (QED) is 0.729. The molecule has 0 bridgehead atoms. The minimum Gasteiger partial charge on any atom is -0.237 e. The Morgan fingerprint density at radius 1 is 1.15 bits per heavy atom. The number of aromatic nitrogens is 2. The molecule has 3 aromatic rings. The first-order chi connectivity index (χ1) is 9.50. The van der Waals surface area contributed by atoms with Gasteiger partial charge in [0.15, 0.2) is 11.5 Å². The van der Waals surface area contributed by atoms with Crippen molar-refractivity contribution in [3.05, 3.63) is 60.2 Å². The number of halogens is 1. The summed E-state index contributed by atoms with van der Waals surface area (Å²) in [4.78, 5) is 4.06. The van der Waals surface area contributed by atoms with Crippen LogP contribution in [0.1, 0.15) is 5.56 Å². The molecule has 0 unspecified atom stereocenters. The van der Waals surface area contributed by atoms with E-state index >= 15 is 0 Å². The van der Waals surface area contributed by atoms with Gasteiger partial charge in [0.25, 0.3) is 10.0 Å². The Morgan fingerprint density at radius 3 is 2.55 bits per heavy atom. The summed E-state index contributed by atoms with van der Waals surface area (Å²) >= 11 is 0. The average molecular weight is 290 g/mol. The van der Waals surface area contributed by atoms with Crippen LogP contribution in [0.2, 0.25) is 0 Å². The summed E-state index contributed by atoms with van der Waals surface area (Å²) in [6, 6.07) is 9.45. The second-order valence-electron chi connectivity index (χ2n) is 4.47. The highest BCUT2D eigenvalue weighted by molar-refractivity contribution is 7.90. The molecule has 6 heteroatoms. The van der Waals surface area contributed by atoms with Gasteiger partial charge < -0.3 is 0 Å². The summed E-state index contributed by atoms with van der Waals surface area (Å²) in [6.45, 7) is 1.86. The van der Waals surface area contributed by atoms with Gasteiger partial charge in [0.2, 0.25) is 0 Å². The standard InChI is InChI=1S/C14H11FN2O2S/c1-10-4-6-11(7-5-10)20(18,19)17-9-13(15)12-3-2-8-16-14(12)17/h2-9H,1H3. The molecule has 3 rings (SSSR count). The summed E-state index contributed by atoms with van der Waals surface area (Å²) in [5.41, 5.74) is 1.04. The lowest BCUT2D eigenvalue weighted by Gasteiger charge is -2.06. The van der Waals surface area contributed by atoms with Crippen LogP contribution in [0.15, 0.2) is 53.7 Å². The molecular formula is C14H11FN2O2S. The van der Waals surface area contributed by atoms with Crippen molar-refractivity contribution in [2.45, 2.75) is 11.8 Å². The molecule has 0 saturated carbocycles. The highest BCUT2D eigenvalue weighted by Crippen LogP contribution is 2.23. The van der Waals surface area contributed by atoms with Crippen LogP contribution in [0.5, 0.6) is 0 Å². The molecule has 0 saturated heterocycles. The van der Waals surface area contributed by atoms with E-state index in [4.69, 9.17) is 0 Å². The van der Waals surface area contributed by atoms with Crippen LogP contribution >= 0.6 is 0 Å². The molecule has 0 fully saturated rings. The van der Waals surface area contributed by atoms with Gasteiger partial charge in [-0.2, -0.15) is 0 Å². The number of aryl methyl sites for hydroxylation is 1. The molecule has 0 aliphatic rings. The van der Waals surface area contributed by atoms with E-state index in [-0.39, 0.29) is 15.9 Å². The maximum atomic E-state index is 13.8.